The number of fused-ring (bicyclic) bond motifs is 1. The van der Waals surface area contributed by atoms with Gasteiger partial charge in [0, 0.05) is 27.2 Å². The molecule has 5 rings (SSSR count). The van der Waals surface area contributed by atoms with Gasteiger partial charge in [0.05, 0.1) is 17.0 Å². The molecule has 148 valence electrons. The first-order valence-electron chi connectivity index (χ1n) is 8.78. The molecule has 0 amide bonds. The van der Waals surface area contributed by atoms with Crippen molar-refractivity contribution in [3.8, 4) is 28.5 Å². The molecule has 0 fully saturated rings. The molecule has 0 spiro atoms. The standard InChI is InChI=1S/C21H11Cl3N4O2/c22-12-3-1-11(2-4-12)20-26-19-17(28(20)14-7-8-30-10-14)21(29)27-18(25-19)15-6-5-13(23)9-16(15)24/h1-10H,(H,25,27,29). The number of furan rings is 1. The van der Waals surface area contributed by atoms with Crippen molar-refractivity contribution in [3.05, 3.63) is 86.5 Å². The van der Waals surface area contributed by atoms with Gasteiger partial charge in [-0.1, -0.05) is 34.8 Å². The Hall–Kier alpha value is -3.06. The van der Waals surface area contributed by atoms with Crippen LogP contribution in [-0.2, 0) is 0 Å². The number of nitrogens with zero attached hydrogens (tertiary/aromatic N) is 3. The highest BCUT2D eigenvalue weighted by Crippen LogP contribution is 2.31. The monoisotopic (exact) mass is 456 g/mol. The number of aromatic nitrogens is 4. The van der Waals surface area contributed by atoms with E-state index in [-0.39, 0.29) is 16.7 Å². The van der Waals surface area contributed by atoms with Crippen molar-refractivity contribution in [2.24, 2.45) is 0 Å². The van der Waals surface area contributed by atoms with Crippen LogP contribution in [0.15, 0.2) is 70.3 Å². The Bertz CT molecular complexity index is 1440. The molecular formula is C21H11Cl3N4O2. The van der Waals surface area contributed by atoms with E-state index in [4.69, 9.17) is 39.2 Å². The number of halogens is 3. The van der Waals surface area contributed by atoms with Crippen LogP contribution in [0.25, 0.3) is 39.6 Å². The van der Waals surface area contributed by atoms with Gasteiger partial charge >= 0.3 is 0 Å². The SMILES string of the molecule is O=c1[nH]c(-c2ccc(Cl)cc2Cl)nc2nc(-c3ccc(Cl)cc3)n(-c3ccoc3)c12. The number of hydrogen-bond donors (Lipinski definition) is 1. The lowest BCUT2D eigenvalue weighted by atomic mass is 10.2. The van der Waals surface area contributed by atoms with Crippen molar-refractivity contribution in [2.75, 3.05) is 0 Å². The fourth-order valence-corrected chi connectivity index (χ4v) is 3.85. The van der Waals surface area contributed by atoms with Crippen molar-refractivity contribution < 1.29 is 4.42 Å². The third-order valence-corrected chi connectivity index (χ3v) is 5.38. The van der Waals surface area contributed by atoms with Crippen molar-refractivity contribution in [2.45, 2.75) is 0 Å². The highest BCUT2D eigenvalue weighted by atomic mass is 35.5. The van der Waals surface area contributed by atoms with Crippen molar-refractivity contribution in [3.63, 3.8) is 0 Å². The second-order valence-electron chi connectivity index (χ2n) is 6.47. The molecule has 5 aromatic rings. The van der Waals surface area contributed by atoms with E-state index in [0.29, 0.717) is 38.0 Å². The Kier molecular flexibility index (Phi) is 4.62. The van der Waals surface area contributed by atoms with Gasteiger partial charge < -0.3 is 9.40 Å². The van der Waals surface area contributed by atoms with Gasteiger partial charge in [-0.15, -0.1) is 0 Å². The second-order valence-corrected chi connectivity index (χ2v) is 7.75. The van der Waals surface area contributed by atoms with Gasteiger partial charge in [-0.25, -0.2) is 9.97 Å². The van der Waals surface area contributed by atoms with Crippen LogP contribution in [0.3, 0.4) is 0 Å². The van der Waals surface area contributed by atoms with Crippen LogP contribution in [0.1, 0.15) is 0 Å². The smallest absolute Gasteiger partial charge is 0.277 e. The molecule has 0 saturated carbocycles. The first-order chi connectivity index (χ1) is 14.5. The first kappa shape index (κ1) is 18.9. The summed E-state index contributed by atoms with van der Waals surface area (Å²) in [5.41, 5.74) is 2.15. The molecule has 3 heterocycles. The molecule has 0 saturated heterocycles. The third kappa shape index (κ3) is 3.19. The number of nitrogens with one attached hydrogen (secondary N) is 1. The zero-order valence-electron chi connectivity index (χ0n) is 15.1. The molecule has 6 nitrogen and oxygen atoms in total. The fraction of sp³-hybridized carbons (Fsp3) is 0. The molecule has 0 bridgehead atoms. The maximum Gasteiger partial charge on any atom is 0.277 e. The molecule has 1 N–H and O–H groups in total. The topological polar surface area (TPSA) is 76.7 Å². The third-order valence-electron chi connectivity index (χ3n) is 4.58. The summed E-state index contributed by atoms with van der Waals surface area (Å²) >= 11 is 18.3. The lowest BCUT2D eigenvalue weighted by Crippen LogP contribution is -2.13. The first-order valence-corrected chi connectivity index (χ1v) is 9.91. The minimum absolute atomic E-state index is 0.269. The highest BCUT2D eigenvalue weighted by molar-refractivity contribution is 6.36. The fourth-order valence-electron chi connectivity index (χ4n) is 3.23. The average Bonchev–Trinajstić information content (AvgIpc) is 3.36. The molecule has 0 radical (unpaired) electrons. The van der Waals surface area contributed by atoms with Crippen LogP contribution < -0.4 is 5.56 Å². The summed E-state index contributed by atoms with van der Waals surface area (Å²) in [5, 5.41) is 1.46. The van der Waals surface area contributed by atoms with Crippen LogP contribution in [0.2, 0.25) is 15.1 Å². The second kappa shape index (κ2) is 7.32. The zero-order valence-corrected chi connectivity index (χ0v) is 17.3. The van der Waals surface area contributed by atoms with Crippen LogP contribution in [0.5, 0.6) is 0 Å². The molecule has 9 heteroatoms. The molecule has 0 unspecified atom stereocenters. The summed E-state index contributed by atoms with van der Waals surface area (Å²) in [6.07, 6.45) is 3.06. The number of imidazole rings is 1. The predicted molar refractivity (Wildman–Crippen MR) is 118 cm³/mol. The van der Waals surface area contributed by atoms with Crippen LogP contribution in [0, 0.1) is 0 Å². The van der Waals surface area contributed by atoms with E-state index in [1.54, 1.807) is 41.0 Å². The molecule has 0 aliphatic rings. The Morgan fingerprint density at radius 2 is 1.70 bits per heavy atom. The zero-order chi connectivity index (χ0) is 20.8. The van der Waals surface area contributed by atoms with E-state index >= 15 is 0 Å². The lowest BCUT2D eigenvalue weighted by molar-refractivity contribution is 0.566. The number of rotatable bonds is 3. The van der Waals surface area contributed by atoms with Crippen LogP contribution >= 0.6 is 34.8 Å². The van der Waals surface area contributed by atoms with E-state index < -0.39 is 0 Å². The molecule has 0 aliphatic heterocycles. The van der Waals surface area contributed by atoms with Gasteiger partial charge in [-0.2, -0.15) is 0 Å². The minimum Gasteiger partial charge on any atom is -0.470 e. The Morgan fingerprint density at radius 1 is 0.933 bits per heavy atom. The quantitative estimate of drug-likeness (QED) is 0.361. The molecule has 0 aliphatic carbocycles. The lowest BCUT2D eigenvalue weighted by Gasteiger charge is -2.07. The van der Waals surface area contributed by atoms with Crippen LogP contribution in [-0.4, -0.2) is 19.5 Å². The van der Waals surface area contributed by atoms with Gasteiger partial charge in [0.2, 0.25) is 0 Å². The summed E-state index contributed by atoms with van der Waals surface area (Å²) in [4.78, 5) is 25.1. The van der Waals surface area contributed by atoms with E-state index in [1.165, 1.54) is 12.5 Å². The normalized spacial score (nSPS) is 11.3. The van der Waals surface area contributed by atoms with Gasteiger partial charge in [0.15, 0.2) is 11.2 Å². The van der Waals surface area contributed by atoms with Gasteiger partial charge in [-0.05, 0) is 42.5 Å². The molecule has 0 atom stereocenters. The number of H-pyrrole nitrogens is 1. The molecular weight excluding hydrogens is 447 g/mol. The highest BCUT2D eigenvalue weighted by Gasteiger charge is 2.20. The van der Waals surface area contributed by atoms with Crippen molar-refractivity contribution in [1.82, 2.24) is 19.5 Å². The Balaban J connectivity index is 1.80. The number of aromatic amines is 1. The van der Waals surface area contributed by atoms with Gasteiger partial charge in [-0.3, -0.25) is 9.36 Å². The maximum atomic E-state index is 13.1. The number of benzene rings is 2. The van der Waals surface area contributed by atoms with E-state index in [1.807, 2.05) is 12.1 Å². The van der Waals surface area contributed by atoms with Gasteiger partial charge in [0.25, 0.3) is 5.56 Å². The minimum atomic E-state index is -0.366. The largest absolute Gasteiger partial charge is 0.470 e. The van der Waals surface area contributed by atoms with Gasteiger partial charge in [0.1, 0.15) is 17.9 Å². The summed E-state index contributed by atoms with van der Waals surface area (Å²) in [7, 11) is 0. The summed E-state index contributed by atoms with van der Waals surface area (Å²) < 4.78 is 6.92. The summed E-state index contributed by atoms with van der Waals surface area (Å²) in [6, 6.07) is 13.9. The average molecular weight is 458 g/mol. The predicted octanol–water partition coefficient (Wildman–Crippen LogP) is 6.00. The van der Waals surface area contributed by atoms with Crippen molar-refractivity contribution >= 4 is 46.0 Å². The van der Waals surface area contributed by atoms with E-state index in [9.17, 15) is 4.79 Å². The van der Waals surface area contributed by atoms with E-state index in [0.717, 1.165) is 5.56 Å². The summed E-state index contributed by atoms with van der Waals surface area (Å²) in [6.45, 7) is 0. The van der Waals surface area contributed by atoms with E-state index in [2.05, 4.69) is 15.0 Å². The molecule has 2 aromatic carbocycles. The Morgan fingerprint density at radius 3 is 2.40 bits per heavy atom. The van der Waals surface area contributed by atoms with Crippen LogP contribution in [0.4, 0.5) is 0 Å². The Labute approximate surface area is 184 Å². The summed E-state index contributed by atoms with van der Waals surface area (Å²) in [5.74, 6) is 0.828. The molecule has 3 aromatic heterocycles. The molecule has 30 heavy (non-hydrogen) atoms. The number of hydrogen-bond acceptors (Lipinski definition) is 4. The van der Waals surface area contributed by atoms with Crippen molar-refractivity contribution in [1.29, 1.82) is 0 Å². The maximum absolute atomic E-state index is 13.1.